The summed E-state index contributed by atoms with van der Waals surface area (Å²) in [5.41, 5.74) is 0.938. The quantitative estimate of drug-likeness (QED) is 0.885. The molecule has 0 radical (unpaired) electrons. The summed E-state index contributed by atoms with van der Waals surface area (Å²) in [6, 6.07) is 7.45. The van der Waals surface area contributed by atoms with Crippen LogP contribution in [0.3, 0.4) is 0 Å². The normalized spacial score (nSPS) is 22.0. The molecule has 0 aromatic heterocycles. The number of nitrogens with one attached hydrogen (secondary N) is 1. The molecule has 3 rings (SSSR count). The third kappa shape index (κ3) is 4.48. The smallest absolute Gasteiger partial charge is 0.234 e. The lowest BCUT2D eigenvalue weighted by molar-refractivity contribution is -0.128. The largest absolute Gasteiger partial charge is 0.350 e. The molecule has 1 aromatic carbocycles. The molecule has 2 aliphatic rings. The molecule has 0 bridgehead atoms. The van der Waals surface area contributed by atoms with E-state index in [0.717, 1.165) is 18.7 Å². The van der Waals surface area contributed by atoms with E-state index in [1.807, 2.05) is 24.3 Å². The summed E-state index contributed by atoms with van der Waals surface area (Å²) in [5, 5.41) is 3.68. The zero-order valence-corrected chi connectivity index (χ0v) is 14.6. The van der Waals surface area contributed by atoms with Crippen LogP contribution in [0.2, 0.25) is 5.02 Å². The van der Waals surface area contributed by atoms with E-state index in [4.69, 9.17) is 11.6 Å². The van der Waals surface area contributed by atoms with Gasteiger partial charge >= 0.3 is 0 Å². The lowest BCUT2D eigenvalue weighted by Gasteiger charge is -2.26. The Balaban J connectivity index is 1.49. The average molecular weight is 350 g/mol. The molecule has 0 spiro atoms. The molecule has 6 heteroatoms. The molecule has 0 saturated carbocycles. The van der Waals surface area contributed by atoms with Crippen molar-refractivity contribution in [2.75, 3.05) is 26.2 Å². The summed E-state index contributed by atoms with van der Waals surface area (Å²) in [6.45, 7) is 3.48. The van der Waals surface area contributed by atoms with Crippen molar-refractivity contribution in [2.45, 2.75) is 38.3 Å². The van der Waals surface area contributed by atoms with Gasteiger partial charge in [0.15, 0.2) is 0 Å². The van der Waals surface area contributed by atoms with Crippen molar-refractivity contribution in [1.29, 1.82) is 0 Å². The van der Waals surface area contributed by atoms with Gasteiger partial charge in [-0.3, -0.25) is 14.5 Å². The van der Waals surface area contributed by atoms with Crippen molar-refractivity contribution in [3.63, 3.8) is 0 Å². The minimum absolute atomic E-state index is 0.0225. The van der Waals surface area contributed by atoms with Gasteiger partial charge in [0.2, 0.25) is 11.8 Å². The fourth-order valence-electron chi connectivity index (χ4n) is 3.45. The molecule has 1 aromatic rings. The number of amides is 2. The van der Waals surface area contributed by atoms with Gasteiger partial charge in [-0.25, -0.2) is 0 Å². The highest BCUT2D eigenvalue weighted by Crippen LogP contribution is 2.20. The van der Waals surface area contributed by atoms with Crippen molar-refractivity contribution in [3.8, 4) is 0 Å². The Hall–Kier alpha value is -1.59. The number of benzene rings is 1. The van der Waals surface area contributed by atoms with E-state index in [1.54, 1.807) is 4.90 Å². The van der Waals surface area contributed by atoms with E-state index in [2.05, 4.69) is 10.2 Å². The van der Waals surface area contributed by atoms with Crippen LogP contribution in [0.15, 0.2) is 24.3 Å². The first-order chi connectivity index (χ1) is 11.6. The number of rotatable bonds is 5. The molecule has 5 nitrogen and oxygen atoms in total. The molecule has 2 saturated heterocycles. The second-order valence-corrected chi connectivity index (χ2v) is 7.08. The molecule has 0 unspecified atom stereocenters. The van der Waals surface area contributed by atoms with Gasteiger partial charge in [-0.2, -0.15) is 0 Å². The Kier molecular flexibility index (Phi) is 5.74. The lowest BCUT2D eigenvalue weighted by atomic mass is 10.1. The molecule has 2 heterocycles. The summed E-state index contributed by atoms with van der Waals surface area (Å²) < 4.78 is 0. The highest BCUT2D eigenvalue weighted by Gasteiger charge is 2.31. The lowest BCUT2D eigenvalue weighted by Crippen LogP contribution is -2.44. The molecule has 2 fully saturated rings. The molecule has 24 heavy (non-hydrogen) atoms. The standard InChI is InChI=1S/C18H24ClN3O2/c19-16-7-3-2-6-14(16)11-22-12-15(10-18(22)24)20-17(23)13-21-8-4-1-5-9-21/h2-3,6-7,15H,1,4-5,8-13H2,(H,20,23)/t15-/m0/s1. The van der Waals surface area contributed by atoms with Gasteiger partial charge in [-0.15, -0.1) is 0 Å². The van der Waals surface area contributed by atoms with Crippen molar-refractivity contribution < 1.29 is 9.59 Å². The second-order valence-electron chi connectivity index (χ2n) is 6.67. The SMILES string of the molecule is O=C(CN1CCCCC1)N[C@H]1CC(=O)N(Cc2ccccc2Cl)C1. The second kappa shape index (κ2) is 7.99. The number of halogens is 1. The zero-order valence-electron chi connectivity index (χ0n) is 13.8. The highest BCUT2D eigenvalue weighted by atomic mass is 35.5. The summed E-state index contributed by atoms with van der Waals surface area (Å²) in [5.74, 6) is 0.0903. The third-order valence-corrected chi connectivity index (χ3v) is 5.08. The molecule has 130 valence electrons. The van der Waals surface area contributed by atoms with Gasteiger partial charge in [0.05, 0.1) is 12.6 Å². The fraction of sp³-hybridized carbons (Fsp3) is 0.556. The Bertz CT molecular complexity index is 602. The molecule has 0 aliphatic carbocycles. The number of piperidine rings is 1. The molecule has 1 atom stereocenters. The first-order valence-electron chi connectivity index (χ1n) is 8.65. The minimum atomic E-state index is -0.0997. The summed E-state index contributed by atoms with van der Waals surface area (Å²) in [4.78, 5) is 28.3. The molecule has 2 aliphatic heterocycles. The third-order valence-electron chi connectivity index (χ3n) is 4.71. The fourth-order valence-corrected chi connectivity index (χ4v) is 3.64. The molecular weight excluding hydrogens is 326 g/mol. The van der Waals surface area contributed by atoms with E-state index in [9.17, 15) is 9.59 Å². The average Bonchev–Trinajstić information content (AvgIpc) is 2.90. The van der Waals surface area contributed by atoms with Crippen molar-refractivity contribution >= 4 is 23.4 Å². The van der Waals surface area contributed by atoms with Gasteiger partial charge in [-0.05, 0) is 37.6 Å². The van der Waals surface area contributed by atoms with Crippen LogP contribution >= 0.6 is 11.6 Å². The number of carbonyl (C=O) groups is 2. The number of hydrogen-bond donors (Lipinski definition) is 1. The van der Waals surface area contributed by atoms with Crippen molar-refractivity contribution in [3.05, 3.63) is 34.9 Å². The number of carbonyl (C=O) groups excluding carboxylic acids is 2. The van der Waals surface area contributed by atoms with Gasteiger partial charge in [-0.1, -0.05) is 36.2 Å². The minimum Gasteiger partial charge on any atom is -0.350 e. The zero-order chi connectivity index (χ0) is 16.9. The van der Waals surface area contributed by atoms with Gasteiger partial charge in [0, 0.05) is 24.5 Å². The van der Waals surface area contributed by atoms with E-state index in [-0.39, 0.29) is 17.9 Å². The topological polar surface area (TPSA) is 52.7 Å². The van der Waals surface area contributed by atoms with Crippen LogP contribution in [-0.4, -0.2) is 53.8 Å². The van der Waals surface area contributed by atoms with Crippen LogP contribution in [0.5, 0.6) is 0 Å². The molecular formula is C18H24ClN3O2. The Morgan fingerprint density at radius 2 is 1.96 bits per heavy atom. The van der Waals surface area contributed by atoms with E-state index < -0.39 is 0 Å². The first kappa shape index (κ1) is 17.2. The van der Waals surface area contributed by atoms with Crippen LogP contribution in [0, 0.1) is 0 Å². The van der Waals surface area contributed by atoms with Crippen LogP contribution < -0.4 is 5.32 Å². The van der Waals surface area contributed by atoms with Crippen LogP contribution in [0.25, 0.3) is 0 Å². The predicted molar refractivity (Wildman–Crippen MR) is 93.7 cm³/mol. The molecule has 1 N–H and O–H groups in total. The summed E-state index contributed by atoms with van der Waals surface area (Å²) >= 11 is 6.17. The van der Waals surface area contributed by atoms with Crippen molar-refractivity contribution in [2.24, 2.45) is 0 Å². The first-order valence-corrected chi connectivity index (χ1v) is 9.02. The van der Waals surface area contributed by atoms with E-state index in [0.29, 0.717) is 31.1 Å². The highest BCUT2D eigenvalue weighted by molar-refractivity contribution is 6.31. The van der Waals surface area contributed by atoms with Crippen LogP contribution in [-0.2, 0) is 16.1 Å². The van der Waals surface area contributed by atoms with E-state index >= 15 is 0 Å². The maximum atomic E-state index is 12.2. The number of likely N-dealkylation sites (tertiary alicyclic amines) is 2. The number of hydrogen-bond acceptors (Lipinski definition) is 3. The van der Waals surface area contributed by atoms with Gasteiger partial charge in [0.1, 0.15) is 0 Å². The Morgan fingerprint density at radius 3 is 2.71 bits per heavy atom. The monoisotopic (exact) mass is 349 g/mol. The van der Waals surface area contributed by atoms with Crippen molar-refractivity contribution in [1.82, 2.24) is 15.1 Å². The molecule has 2 amide bonds. The van der Waals surface area contributed by atoms with Gasteiger partial charge in [0.25, 0.3) is 0 Å². The van der Waals surface area contributed by atoms with Gasteiger partial charge < -0.3 is 10.2 Å². The maximum Gasteiger partial charge on any atom is 0.234 e. The maximum absolute atomic E-state index is 12.2. The summed E-state index contributed by atoms with van der Waals surface area (Å²) in [6.07, 6.45) is 3.96. The predicted octanol–water partition coefficient (Wildman–Crippen LogP) is 2.04. The Morgan fingerprint density at radius 1 is 1.21 bits per heavy atom. The van der Waals surface area contributed by atoms with E-state index in [1.165, 1.54) is 19.3 Å². The summed E-state index contributed by atoms with van der Waals surface area (Å²) in [7, 11) is 0. The Labute approximate surface area is 147 Å². The van der Waals surface area contributed by atoms with Crippen LogP contribution in [0.4, 0.5) is 0 Å². The number of nitrogens with zero attached hydrogens (tertiary/aromatic N) is 2. The van der Waals surface area contributed by atoms with Crippen LogP contribution in [0.1, 0.15) is 31.2 Å².